The van der Waals surface area contributed by atoms with Gasteiger partial charge in [0.2, 0.25) is 0 Å². The molecule has 0 spiro atoms. The van der Waals surface area contributed by atoms with Crippen LogP contribution in [0.1, 0.15) is 5.56 Å². The molecule has 2 heterocycles. The summed E-state index contributed by atoms with van der Waals surface area (Å²) >= 11 is 9.56. The predicted molar refractivity (Wildman–Crippen MR) is 68.8 cm³/mol. The molecule has 1 aromatic carbocycles. The molecule has 0 aliphatic heterocycles. The highest BCUT2D eigenvalue weighted by molar-refractivity contribution is 9.08. The summed E-state index contributed by atoms with van der Waals surface area (Å²) in [4.78, 5) is 14.5. The van der Waals surface area contributed by atoms with E-state index in [1.54, 1.807) is 0 Å². The van der Waals surface area contributed by atoms with E-state index in [-0.39, 0.29) is 5.56 Å². The average molecular weight is 314 g/mol. The lowest BCUT2D eigenvalue weighted by Crippen LogP contribution is -2.11. The lowest BCUT2D eigenvalue weighted by molar-refractivity contribution is 0.876. The minimum absolute atomic E-state index is 0.254. The van der Waals surface area contributed by atoms with E-state index in [0.29, 0.717) is 21.4 Å². The van der Waals surface area contributed by atoms with Crippen LogP contribution in [0, 0.1) is 0 Å². The number of rotatable bonds is 1. The Bertz CT molecular complexity index is 779. The van der Waals surface area contributed by atoms with Gasteiger partial charge in [-0.3, -0.25) is 4.79 Å². The molecule has 0 unspecified atom stereocenters. The Balaban J connectivity index is 2.58. The molecule has 0 saturated heterocycles. The fourth-order valence-corrected chi connectivity index (χ4v) is 2.66. The standard InChI is InChI=1S/C10H6BrClN4O/c11-3-5-1-2-6-9(8(5)12)14-10(17)7-4-13-15-16(6)7/h1-2,4H,3H2,(H,14,17). The molecule has 3 aromatic rings. The summed E-state index contributed by atoms with van der Waals surface area (Å²) in [5, 5.41) is 8.75. The van der Waals surface area contributed by atoms with Crippen LogP contribution in [-0.4, -0.2) is 19.8 Å². The Hall–Kier alpha value is -1.40. The summed E-state index contributed by atoms with van der Waals surface area (Å²) in [6.45, 7) is 0. The third kappa shape index (κ3) is 1.48. The zero-order valence-corrected chi connectivity index (χ0v) is 10.8. The summed E-state index contributed by atoms with van der Waals surface area (Å²) in [6.07, 6.45) is 1.42. The molecule has 1 N–H and O–H groups in total. The lowest BCUT2D eigenvalue weighted by Gasteiger charge is -2.05. The van der Waals surface area contributed by atoms with Gasteiger partial charge in [0.25, 0.3) is 5.56 Å². The Kier molecular flexibility index (Phi) is 2.41. The van der Waals surface area contributed by atoms with E-state index in [1.165, 1.54) is 10.7 Å². The SMILES string of the molecule is O=c1[nH]c2c(Cl)c(CBr)ccc2n2nncc12. The van der Waals surface area contributed by atoms with Gasteiger partial charge in [0.05, 0.1) is 22.3 Å². The van der Waals surface area contributed by atoms with Crippen molar-refractivity contribution in [1.29, 1.82) is 0 Å². The zero-order chi connectivity index (χ0) is 12.0. The van der Waals surface area contributed by atoms with E-state index in [2.05, 4.69) is 31.2 Å². The molecule has 0 fully saturated rings. The maximum absolute atomic E-state index is 11.8. The maximum Gasteiger partial charge on any atom is 0.276 e. The number of alkyl halides is 1. The lowest BCUT2D eigenvalue weighted by atomic mass is 10.2. The third-order valence-corrected chi connectivity index (χ3v) is 3.63. The van der Waals surface area contributed by atoms with Gasteiger partial charge in [-0.25, -0.2) is 4.52 Å². The van der Waals surface area contributed by atoms with E-state index in [0.717, 1.165) is 11.1 Å². The predicted octanol–water partition coefficient (Wildman–Crippen LogP) is 2.12. The van der Waals surface area contributed by atoms with Crippen molar-refractivity contribution in [2.75, 3.05) is 0 Å². The number of halogens is 2. The highest BCUT2D eigenvalue weighted by atomic mass is 79.9. The van der Waals surface area contributed by atoms with Crippen molar-refractivity contribution < 1.29 is 0 Å². The minimum Gasteiger partial charge on any atom is -0.317 e. The second kappa shape index (κ2) is 3.82. The van der Waals surface area contributed by atoms with Crippen molar-refractivity contribution in [3.8, 4) is 0 Å². The van der Waals surface area contributed by atoms with Crippen LogP contribution in [0.3, 0.4) is 0 Å². The van der Waals surface area contributed by atoms with Crippen molar-refractivity contribution in [3.05, 3.63) is 39.3 Å². The number of nitrogens with zero attached hydrogens (tertiary/aromatic N) is 3. The molecule has 5 nitrogen and oxygen atoms in total. The zero-order valence-electron chi connectivity index (χ0n) is 8.44. The maximum atomic E-state index is 11.8. The van der Waals surface area contributed by atoms with Crippen molar-refractivity contribution >= 4 is 44.1 Å². The highest BCUT2D eigenvalue weighted by Gasteiger charge is 2.11. The summed E-state index contributed by atoms with van der Waals surface area (Å²) < 4.78 is 1.48. The summed E-state index contributed by atoms with van der Waals surface area (Å²) in [6, 6.07) is 3.74. The molecular weight excluding hydrogens is 307 g/mol. The van der Waals surface area contributed by atoms with Crippen molar-refractivity contribution in [1.82, 2.24) is 19.8 Å². The Morgan fingerprint density at radius 2 is 2.24 bits per heavy atom. The Morgan fingerprint density at radius 1 is 1.41 bits per heavy atom. The highest BCUT2D eigenvalue weighted by Crippen LogP contribution is 2.26. The first kappa shape index (κ1) is 10.7. The molecule has 7 heteroatoms. The van der Waals surface area contributed by atoms with Crippen molar-refractivity contribution in [2.45, 2.75) is 5.33 Å². The largest absolute Gasteiger partial charge is 0.317 e. The van der Waals surface area contributed by atoms with Gasteiger partial charge < -0.3 is 4.98 Å². The monoisotopic (exact) mass is 312 g/mol. The molecule has 86 valence electrons. The molecule has 0 bridgehead atoms. The molecular formula is C10H6BrClN4O. The molecule has 0 aliphatic rings. The number of hydrogen-bond acceptors (Lipinski definition) is 3. The van der Waals surface area contributed by atoms with Gasteiger partial charge in [0.1, 0.15) is 0 Å². The van der Waals surface area contributed by atoms with Gasteiger partial charge in [0.15, 0.2) is 5.52 Å². The number of fused-ring (bicyclic) bond motifs is 3. The minimum atomic E-state index is -0.254. The van der Waals surface area contributed by atoms with Gasteiger partial charge in [-0.15, -0.1) is 5.10 Å². The molecule has 17 heavy (non-hydrogen) atoms. The molecule has 0 saturated carbocycles. The van der Waals surface area contributed by atoms with E-state index >= 15 is 0 Å². The molecule has 0 amide bonds. The first-order valence-corrected chi connectivity index (χ1v) is 6.32. The number of nitrogens with one attached hydrogen (secondary N) is 1. The number of aromatic nitrogens is 4. The van der Waals surface area contributed by atoms with Crippen LogP contribution in [0.2, 0.25) is 5.02 Å². The van der Waals surface area contributed by atoms with E-state index in [1.807, 2.05) is 12.1 Å². The van der Waals surface area contributed by atoms with Crippen LogP contribution in [0.4, 0.5) is 0 Å². The number of hydrogen-bond donors (Lipinski definition) is 1. The fourth-order valence-electron chi connectivity index (χ4n) is 1.75. The Morgan fingerprint density at radius 3 is 3.00 bits per heavy atom. The molecule has 0 aliphatic carbocycles. The van der Waals surface area contributed by atoms with Crippen LogP contribution >= 0.6 is 27.5 Å². The van der Waals surface area contributed by atoms with Gasteiger partial charge in [-0.2, -0.15) is 0 Å². The quantitative estimate of drug-likeness (QED) is 0.700. The fraction of sp³-hybridized carbons (Fsp3) is 0.100. The van der Waals surface area contributed by atoms with Crippen LogP contribution in [0.5, 0.6) is 0 Å². The first-order chi connectivity index (χ1) is 8.22. The topological polar surface area (TPSA) is 63.0 Å². The van der Waals surface area contributed by atoms with Crippen molar-refractivity contribution in [2.24, 2.45) is 0 Å². The third-order valence-electron chi connectivity index (χ3n) is 2.59. The van der Waals surface area contributed by atoms with E-state index in [4.69, 9.17) is 11.6 Å². The van der Waals surface area contributed by atoms with Crippen LogP contribution in [-0.2, 0) is 5.33 Å². The summed E-state index contributed by atoms with van der Waals surface area (Å²) in [5.74, 6) is 0. The molecule has 0 radical (unpaired) electrons. The van der Waals surface area contributed by atoms with Crippen LogP contribution < -0.4 is 5.56 Å². The second-order valence-electron chi connectivity index (χ2n) is 3.55. The van der Waals surface area contributed by atoms with Gasteiger partial charge in [-0.05, 0) is 11.6 Å². The summed E-state index contributed by atoms with van der Waals surface area (Å²) in [5.41, 5.74) is 2.36. The Labute approximate surface area is 109 Å². The second-order valence-corrected chi connectivity index (χ2v) is 4.49. The molecule has 2 aromatic heterocycles. The average Bonchev–Trinajstić information content (AvgIpc) is 2.81. The van der Waals surface area contributed by atoms with Crippen LogP contribution in [0.15, 0.2) is 23.1 Å². The van der Waals surface area contributed by atoms with Crippen LogP contribution in [0.25, 0.3) is 16.6 Å². The van der Waals surface area contributed by atoms with Gasteiger partial charge in [0, 0.05) is 5.33 Å². The molecule has 3 rings (SSSR count). The summed E-state index contributed by atoms with van der Waals surface area (Å²) in [7, 11) is 0. The number of benzene rings is 1. The van der Waals surface area contributed by atoms with E-state index < -0.39 is 0 Å². The number of aromatic amines is 1. The van der Waals surface area contributed by atoms with Gasteiger partial charge >= 0.3 is 0 Å². The smallest absolute Gasteiger partial charge is 0.276 e. The number of H-pyrrole nitrogens is 1. The molecule has 0 atom stereocenters. The first-order valence-electron chi connectivity index (χ1n) is 4.82. The van der Waals surface area contributed by atoms with E-state index in [9.17, 15) is 4.79 Å². The van der Waals surface area contributed by atoms with Crippen molar-refractivity contribution in [3.63, 3.8) is 0 Å². The van der Waals surface area contributed by atoms with Gasteiger partial charge in [-0.1, -0.05) is 38.8 Å². The normalized spacial score (nSPS) is 11.4.